The van der Waals surface area contributed by atoms with E-state index in [2.05, 4.69) is 16.4 Å². The number of aryl methyl sites for hydroxylation is 1. The fraction of sp³-hybridized carbons (Fsp3) is 0.444. The SMILES string of the molecule is CCC(O)(CC)CNC(=O)Cc1csc(-c2cccc(C)c2)n1. The molecule has 0 aliphatic heterocycles. The molecule has 2 rings (SSSR count). The molecule has 0 bridgehead atoms. The van der Waals surface area contributed by atoms with Crippen LogP contribution in [0.3, 0.4) is 0 Å². The van der Waals surface area contributed by atoms with Crippen molar-refractivity contribution in [2.75, 3.05) is 6.54 Å². The third kappa shape index (κ3) is 4.88. The molecule has 124 valence electrons. The minimum absolute atomic E-state index is 0.105. The number of carbonyl (C=O) groups is 1. The van der Waals surface area contributed by atoms with Gasteiger partial charge in [0.25, 0.3) is 0 Å². The van der Waals surface area contributed by atoms with E-state index in [-0.39, 0.29) is 18.9 Å². The van der Waals surface area contributed by atoms with Crippen LogP contribution in [0.15, 0.2) is 29.6 Å². The van der Waals surface area contributed by atoms with Crippen molar-refractivity contribution >= 4 is 17.2 Å². The third-order valence-electron chi connectivity index (χ3n) is 4.09. The summed E-state index contributed by atoms with van der Waals surface area (Å²) in [6, 6.07) is 8.17. The Labute approximate surface area is 141 Å². The Morgan fingerprint density at radius 1 is 1.35 bits per heavy atom. The van der Waals surface area contributed by atoms with Crippen molar-refractivity contribution in [2.45, 2.75) is 45.6 Å². The molecule has 5 heteroatoms. The van der Waals surface area contributed by atoms with Crippen LogP contribution in [-0.2, 0) is 11.2 Å². The summed E-state index contributed by atoms with van der Waals surface area (Å²) in [6.07, 6.45) is 1.49. The Balaban J connectivity index is 1.95. The smallest absolute Gasteiger partial charge is 0.226 e. The molecule has 0 spiro atoms. The molecule has 2 aromatic rings. The fourth-order valence-corrected chi connectivity index (χ4v) is 3.11. The number of amides is 1. The summed E-state index contributed by atoms with van der Waals surface area (Å²) in [7, 11) is 0. The van der Waals surface area contributed by atoms with E-state index >= 15 is 0 Å². The zero-order valence-corrected chi connectivity index (χ0v) is 14.7. The first kappa shape index (κ1) is 17.6. The molecule has 4 nitrogen and oxygen atoms in total. The van der Waals surface area contributed by atoms with Crippen molar-refractivity contribution in [1.82, 2.24) is 10.3 Å². The maximum absolute atomic E-state index is 12.0. The van der Waals surface area contributed by atoms with E-state index in [0.29, 0.717) is 12.8 Å². The molecule has 0 radical (unpaired) electrons. The molecular weight excluding hydrogens is 308 g/mol. The first-order valence-electron chi connectivity index (χ1n) is 7.96. The Bertz CT molecular complexity index is 663. The zero-order chi connectivity index (χ0) is 16.9. The Kier molecular flexibility index (Phi) is 5.91. The standard InChI is InChI=1S/C18H24N2O2S/c1-4-18(22,5-2)12-19-16(21)10-15-11-23-17(20-15)14-8-6-7-13(3)9-14/h6-9,11,22H,4-5,10,12H2,1-3H3,(H,19,21). The highest BCUT2D eigenvalue weighted by Gasteiger charge is 2.22. The quantitative estimate of drug-likeness (QED) is 0.817. The van der Waals surface area contributed by atoms with Gasteiger partial charge in [-0.2, -0.15) is 0 Å². The number of hydrogen-bond acceptors (Lipinski definition) is 4. The summed E-state index contributed by atoms with van der Waals surface area (Å²) in [4.78, 5) is 16.6. The molecule has 0 aliphatic rings. The topological polar surface area (TPSA) is 62.2 Å². The molecular formula is C18H24N2O2S. The number of nitrogens with one attached hydrogen (secondary N) is 1. The molecule has 0 saturated heterocycles. The van der Waals surface area contributed by atoms with Gasteiger partial charge in [0, 0.05) is 17.5 Å². The summed E-state index contributed by atoms with van der Waals surface area (Å²) in [5.74, 6) is -0.105. The van der Waals surface area contributed by atoms with Crippen molar-refractivity contribution in [2.24, 2.45) is 0 Å². The molecule has 2 N–H and O–H groups in total. The van der Waals surface area contributed by atoms with Gasteiger partial charge in [-0.25, -0.2) is 4.98 Å². The molecule has 1 aromatic heterocycles. The van der Waals surface area contributed by atoms with Crippen molar-refractivity contribution < 1.29 is 9.90 Å². The van der Waals surface area contributed by atoms with E-state index in [1.54, 1.807) is 11.3 Å². The summed E-state index contributed by atoms with van der Waals surface area (Å²) < 4.78 is 0. The summed E-state index contributed by atoms with van der Waals surface area (Å²) in [6.45, 7) is 6.18. The Morgan fingerprint density at radius 2 is 2.09 bits per heavy atom. The Morgan fingerprint density at radius 3 is 2.74 bits per heavy atom. The number of hydrogen-bond donors (Lipinski definition) is 2. The zero-order valence-electron chi connectivity index (χ0n) is 13.9. The lowest BCUT2D eigenvalue weighted by molar-refractivity contribution is -0.121. The van der Waals surface area contributed by atoms with Crippen LogP contribution in [0.5, 0.6) is 0 Å². The predicted octanol–water partition coefficient (Wildman–Crippen LogP) is 3.33. The van der Waals surface area contributed by atoms with Crippen LogP contribution in [0.25, 0.3) is 10.6 Å². The summed E-state index contributed by atoms with van der Waals surface area (Å²) in [5.41, 5.74) is 2.22. The average molecular weight is 332 g/mol. The van der Waals surface area contributed by atoms with Gasteiger partial charge in [0.2, 0.25) is 5.91 Å². The van der Waals surface area contributed by atoms with E-state index in [0.717, 1.165) is 16.3 Å². The van der Waals surface area contributed by atoms with Crippen molar-refractivity contribution in [3.05, 3.63) is 40.9 Å². The molecule has 0 fully saturated rings. The van der Waals surface area contributed by atoms with Crippen LogP contribution in [-0.4, -0.2) is 28.1 Å². The predicted molar refractivity (Wildman–Crippen MR) is 94.5 cm³/mol. The largest absolute Gasteiger partial charge is 0.388 e. The maximum atomic E-state index is 12.0. The molecule has 0 atom stereocenters. The van der Waals surface area contributed by atoms with E-state index < -0.39 is 5.60 Å². The van der Waals surface area contributed by atoms with Crippen LogP contribution in [0.4, 0.5) is 0 Å². The summed E-state index contributed by atoms with van der Waals surface area (Å²) >= 11 is 1.55. The van der Waals surface area contributed by atoms with Crippen LogP contribution in [0.2, 0.25) is 0 Å². The number of rotatable bonds is 7. The van der Waals surface area contributed by atoms with Gasteiger partial charge in [-0.15, -0.1) is 11.3 Å². The normalized spacial score (nSPS) is 11.5. The lowest BCUT2D eigenvalue weighted by Gasteiger charge is -2.25. The monoisotopic (exact) mass is 332 g/mol. The van der Waals surface area contributed by atoms with Crippen LogP contribution >= 0.6 is 11.3 Å². The molecule has 1 heterocycles. The highest BCUT2D eigenvalue weighted by molar-refractivity contribution is 7.13. The highest BCUT2D eigenvalue weighted by atomic mass is 32.1. The minimum atomic E-state index is -0.815. The van der Waals surface area contributed by atoms with E-state index in [1.165, 1.54) is 5.56 Å². The molecule has 1 aromatic carbocycles. The fourth-order valence-electron chi connectivity index (χ4n) is 2.29. The lowest BCUT2D eigenvalue weighted by Crippen LogP contribution is -2.42. The van der Waals surface area contributed by atoms with Crippen LogP contribution in [0.1, 0.15) is 37.9 Å². The van der Waals surface area contributed by atoms with Crippen molar-refractivity contribution in [3.63, 3.8) is 0 Å². The second kappa shape index (κ2) is 7.70. The van der Waals surface area contributed by atoms with Gasteiger partial charge in [0.05, 0.1) is 17.7 Å². The lowest BCUT2D eigenvalue weighted by atomic mass is 9.97. The summed E-state index contributed by atoms with van der Waals surface area (Å²) in [5, 5.41) is 15.8. The molecule has 0 unspecified atom stereocenters. The van der Waals surface area contributed by atoms with Gasteiger partial charge in [-0.3, -0.25) is 4.79 Å². The maximum Gasteiger partial charge on any atom is 0.226 e. The van der Waals surface area contributed by atoms with Gasteiger partial charge in [0.15, 0.2) is 0 Å². The number of benzene rings is 1. The molecule has 0 aliphatic carbocycles. The molecule has 23 heavy (non-hydrogen) atoms. The second-order valence-electron chi connectivity index (χ2n) is 5.90. The van der Waals surface area contributed by atoms with Gasteiger partial charge >= 0.3 is 0 Å². The van der Waals surface area contributed by atoms with Crippen LogP contribution < -0.4 is 5.32 Å². The van der Waals surface area contributed by atoms with Gasteiger partial charge < -0.3 is 10.4 Å². The van der Waals surface area contributed by atoms with Crippen molar-refractivity contribution in [3.8, 4) is 10.6 Å². The first-order valence-corrected chi connectivity index (χ1v) is 8.84. The average Bonchev–Trinajstić information content (AvgIpc) is 3.01. The Hall–Kier alpha value is -1.72. The van der Waals surface area contributed by atoms with Gasteiger partial charge in [0.1, 0.15) is 5.01 Å². The number of thiazole rings is 1. The molecule has 0 saturated carbocycles. The number of aliphatic hydroxyl groups is 1. The second-order valence-corrected chi connectivity index (χ2v) is 6.76. The first-order chi connectivity index (χ1) is 11.0. The van der Waals surface area contributed by atoms with Gasteiger partial charge in [-0.1, -0.05) is 37.6 Å². The molecule has 1 amide bonds. The van der Waals surface area contributed by atoms with Crippen molar-refractivity contribution in [1.29, 1.82) is 0 Å². The highest BCUT2D eigenvalue weighted by Crippen LogP contribution is 2.24. The number of aromatic nitrogens is 1. The number of carbonyl (C=O) groups excluding carboxylic acids is 1. The van der Waals surface area contributed by atoms with Crippen LogP contribution in [0, 0.1) is 6.92 Å². The van der Waals surface area contributed by atoms with Gasteiger partial charge in [-0.05, 0) is 25.8 Å². The number of nitrogens with zero attached hydrogens (tertiary/aromatic N) is 1. The van der Waals surface area contributed by atoms with E-state index in [1.807, 2.05) is 44.4 Å². The third-order valence-corrected chi connectivity index (χ3v) is 5.03. The van der Waals surface area contributed by atoms with E-state index in [9.17, 15) is 9.90 Å². The minimum Gasteiger partial charge on any atom is -0.388 e. The van der Waals surface area contributed by atoms with E-state index in [4.69, 9.17) is 0 Å².